The van der Waals surface area contributed by atoms with E-state index in [2.05, 4.69) is 47.2 Å². The van der Waals surface area contributed by atoms with Gasteiger partial charge in [-0.05, 0) is 30.0 Å². The van der Waals surface area contributed by atoms with Crippen LogP contribution in [0.3, 0.4) is 0 Å². The van der Waals surface area contributed by atoms with E-state index in [1.54, 1.807) is 0 Å². The van der Waals surface area contributed by atoms with Gasteiger partial charge in [-0.1, -0.05) is 41.9 Å². The Kier molecular flexibility index (Phi) is 6.03. The highest BCUT2D eigenvalue weighted by Gasteiger charge is 2.08. The number of hydrogen-bond acceptors (Lipinski definition) is 2. The SMILES string of the molecule is CC(C)CC(CO)NCc1cccc(Br)c1. The van der Waals surface area contributed by atoms with E-state index in [0.717, 1.165) is 17.4 Å². The van der Waals surface area contributed by atoms with Crippen LogP contribution in [0, 0.1) is 5.92 Å². The van der Waals surface area contributed by atoms with Crippen molar-refractivity contribution in [3.63, 3.8) is 0 Å². The molecule has 0 aliphatic heterocycles. The average molecular weight is 286 g/mol. The number of hydrogen-bond donors (Lipinski definition) is 2. The van der Waals surface area contributed by atoms with Crippen LogP contribution in [0.2, 0.25) is 0 Å². The summed E-state index contributed by atoms with van der Waals surface area (Å²) in [6, 6.07) is 8.41. The Morgan fingerprint density at radius 3 is 2.69 bits per heavy atom. The fourth-order valence-electron chi connectivity index (χ4n) is 1.70. The van der Waals surface area contributed by atoms with Gasteiger partial charge in [0.25, 0.3) is 0 Å². The van der Waals surface area contributed by atoms with Crippen LogP contribution in [-0.2, 0) is 6.54 Å². The van der Waals surface area contributed by atoms with E-state index in [1.165, 1.54) is 5.56 Å². The predicted molar refractivity (Wildman–Crippen MR) is 71.3 cm³/mol. The van der Waals surface area contributed by atoms with Gasteiger partial charge >= 0.3 is 0 Å². The van der Waals surface area contributed by atoms with E-state index >= 15 is 0 Å². The van der Waals surface area contributed by atoms with Gasteiger partial charge in [0.15, 0.2) is 0 Å². The summed E-state index contributed by atoms with van der Waals surface area (Å²) >= 11 is 3.45. The van der Waals surface area contributed by atoms with Crippen molar-refractivity contribution in [3.8, 4) is 0 Å². The van der Waals surface area contributed by atoms with Crippen LogP contribution in [0.4, 0.5) is 0 Å². The predicted octanol–water partition coefficient (Wildman–Crippen LogP) is 2.95. The van der Waals surface area contributed by atoms with Gasteiger partial charge in [0.2, 0.25) is 0 Å². The summed E-state index contributed by atoms with van der Waals surface area (Å²) in [5, 5.41) is 12.6. The van der Waals surface area contributed by atoms with Crippen LogP contribution in [0.5, 0.6) is 0 Å². The largest absolute Gasteiger partial charge is 0.395 e. The minimum atomic E-state index is 0.194. The van der Waals surface area contributed by atoms with Gasteiger partial charge in [-0.15, -0.1) is 0 Å². The molecule has 1 aromatic carbocycles. The second-order valence-electron chi connectivity index (χ2n) is 4.52. The quantitative estimate of drug-likeness (QED) is 0.842. The maximum Gasteiger partial charge on any atom is 0.0584 e. The second-order valence-corrected chi connectivity index (χ2v) is 5.44. The second kappa shape index (κ2) is 7.05. The van der Waals surface area contributed by atoms with Gasteiger partial charge < -0.3 is 10.4 Å². The van der Waals surface area contributed by atoms with Crippen LogP contribution >= 0.6 is 15.9 Å². The molecular formula is C13H20BrNO. The molecule has 0 aliphatic rings. The maximum absolute atomic E-state index is 9.24. The van der Waals surface area contributed by atoms with Crippen LogP contribution in [-0.4, -0.2) is 17.8 Å². The number of aliphatic hydroxyl groups excluding tert-OH is 1. The first-order chi connectivity index (χ1) is 7.61. The lowest BCUT2D eigenvalue weighted by atomic mass is 10.0. The summed E-state index contributed by atoms with van der Waals surface area (Å²) < 4.78 is 1.09. The first-order valence-electron chi connectivity index (χ1n) is 5.70. The molecule has 0 heterocycles. The zero-order chi connectivity index (χ0) is 12.0. The molecule has 0 aromatic heterocycles. The Hall–Kier alpha value is -0.380. The Balaban J connectivity index is 2.43. The molecule has 1 atom stereocenters. The molecule has 2 nitrogen and oxygen atoms in total. The first kappa shape index (κ1) is 13.7. The Bertz CT molecular complexity index is 315. The molecule has 1 rings (SSSR count). The van der Waals surface area contributed by atoms with Crippen molar-refractivity contribution in [2.24, 2.45) is 5.92 Å². The molecule has 0 saturated carbocycles. The van der Waals surface area contributed by atoms with E-state index in [9.17, 15) is 5.11 Å². The lowest BCUT2D eigenvalue weighted by Gasteiger charge is -2.18. The van der Waals surface area contributed by atoms with E-state index in [1.807, 2.05) is 12.1 Å². The van der Waals surface area contributed by atoms with Gasteiger partial charge in [0, 0.05) is 17.1 Å². The lowest BCUT2D eigenvalue weighted by Crippen LogP contribution is -2.33. The van der Waals surface area contributed by atoms with Crippen molar-refractivity contribution in [1.82, 2.24) is 5.32 Å². The van der Waals surface area contributed by atoms with Crippen molar-refractivity contribution < 1.29 is 5.11 Å². The molecule has 1 unspecified atom stereocenters. The van der Waals surface area contributed by atoms with Gasteiger partial charge in [-0.3, -0.25) is 0 Å². The van der Waals surface area contributed by atoms with Crippen molar-refractivity contribution in [3.05, 3.63) is 34.3 Å². The molecule has 16 heavy (non-hydrogen) atoms. The van der Waals surface area contributed by atoms with Crippen molar-refractivity contribution >= 4 is 15.9 Å². The van der Waals surface area contributed by atoms with Gasteiger partial charge in [0.1, 0.15) is 0 Å². The summed E-state index contributed by atoms with van der Waals surface area (Å²) in [6.07, 6.45) is 1.00. The Morgan fingerprint density at radius 1 is 1.38 bits per heavy atom. The molecule has 3 heteroatoms. The van der Waals surface area contributed by atoms with Gasteiger partial charge in [-0.2, -0.15) is 0 Å². The van der Waals surface area contributed by atoms with Gasteiger partial charge in [0.05, 0.1) is 6.61 Å². The topological polar surface area (TPSA) is 32.3 Å². The average Bonchev–Trinajstić information content (AvgIpc) is 2.24. The molecule has 1 aromatic rings. The van der Waals surface area contributed by atoms with E-state index < -0.39 is 0 Å². The number of nitrogens with one attached hydrogen (secondary N) is 1. The third kappa shape index (κ3) is 5.10. The molecule has 0 bridgehead atoms. The maximum atomic E-state index is 9.24. The summed E-state index contributed by atoms with van der Waals surface area (Å²) in [4.78, 5) is 0. The van der Waals surface area contributed by atoms with Crippen molar-refractivity contribution in [2.75, 3.05) is 6.61 Å². The molecule has 0 amide bonds. The standard InChI is InChI=1S/C13H20BrNO/c1-10(2)6-13(9-16)15-8-11-4-3-5-12(14)7-11/h3-5,7,10,13,15-16H,6,8-9H2,1-2H3. The number of aliphatic hydroxyl groups is 1. The zero-order valence-electron chi connectivity index (χ0n) is 9.91. The Morgan fingerprint density at radius 2 is 2.12 bits per heavy atom. The third-order valence-electron chi connectivity index (χ3n) is 2.46. The van der Waals surface area contributed by atoms with E-state index in [-0.39, 0.29) is 12.6 Å². The van der Waals surface area contributed by atoms with Gasteiger partial charge in [-0.25, -0.2) is 0 Å². The van der Waals surface area contributed by atoms with E-state index in [4.69, 9.17) is 0 Å². The molecule has 0 fully saturated rings. The van der Waals surface area contributed by atoms with Crippen molar-refractivity contribution in [1.29, 1.82) is 0 Å². The summed E-state index contributed by atoms with van der Waals surface area (Å²) in [6.45, 7) is 5.34. The molecule has 0 radical (unpaired) electrons. The van der Waals surface area contributed by atoms with E-state index in [0.29, 0.717) is 5.92 Å². The minimum Gasteiger partial charge on any atom is -0.395 e. The summed E-state index contributed by atoms with van der Waals surface area (Å²) in [7, 11) is 0. The van der Waals surface area contributed by atoms with Crippen molar-refractivity contribution in [2.45, 2.75) is 32.9 Å². The zero-order valence-corrected chi connectivity index (χ0v) is 11.5. The van der Waals surface area contributed by atoms with Crippen LogP contribution in [0.25, 0.3) is 0 Å². The highest BCUT2D eigenvalue weighted by molar-refractivity contribution is 9.10. The smallest absolute Gasteiger partial charge is 0.0584 e. The first-order valence-corrected chi connectivity index (χ1v) is 6.49. The normalized spacial score (nSPS) is 13.1. The highest BCUT2D eigenvalue weighted by atomic mass is 79.9. The highest BCUT2D eigenvalue weighted by Crippen LogP contribution is 2.12. The molecule has 2 N–H and O–H groups in total. The lowest BCUT2D eigenvalue weighted by molar-refractivity contribution is 0.223. The molecule has 0 spiro atoms. The minimum absolute atomic E-state index is 0.194. The fourth-order valence-corrected chi connectivity index (χ4v) is 2.15. The fraction of sp³-hybridized carbons (Fsp3) is 0.538. The Labute approximate surface area is 106 Å². The van der Waals surface area contributed by atoms with Crippen LogP contribution in [0.15, 0.2) is 28.7 Å². The molecule has 90 valence electrons. The number of rotatable bonds is 6. The number of halogens is 1. The molecule has 0 aliphatic carbocycles. The third-order valence-corrected chi connectivity index (χ3v) is 2.95. The molecule has 0 saturated heterocycles. The van der Waals surface area contributed by atoms with Crippen LogP contribution in [0.1, 0.15) is 25.8 Å². The van der Waals surface area contributed by atoms with Crippen LogP contribution < -0.4 is 5.32 Å². The molecular weight excluding hydrogens is 266 g/mol. The summed E-state index contributed by atoms with van der Waals surface area (Å²) in [5.41, 5.74) is 1.23. The monoisotopic (exact) mass is 285 g/mol. The summed E-state index contributed by atoms with van der Waals surface area (Å²) in [5.74, 6) is 0.604. The number of benzene rings is 1.